The second-order valence-corrected chi connectivity index (χ2v) is 11.6. The maximum atomic E-state index is 12.5. The number of carbonyl (C=O) groups is 1. The van der Waals surface area contributed by atoms with Crippen LogP contribution >= 0.6 is 0 Å². The van der Waals surface area contributed by atoms with Gasteiger partial charge >= 0.3 is 0 Å². The first-order valence-corrected chi connectivity index (χ1v) is 13.0. The number of amides is 1. The lowest BCUT2D eigenvalue weighted by Crippen LogP contribution is -2.54. The number of para-hydroxylation sites is 1. The van der Waals surface area contributed by atoms with Gasteiger partial charge in [0.15, 0.2) is 0 Å². The van der Waals surface area contributed by atoms with E-state index in [1.54, 1.807) is 6.08 Å². The number of aliphatic hydroxyl groups excluding tert-OH is 1. The summed E-state index contributed by atoms with van der Waals surface area (Å²) in [5, 5.41) is 14.9. The van der Waals surface area contributed by atoms with Gasteiger partial charge in [0, 0.05) is 29.7 Å². The smallest absolute Gasteiger partial charge is 0.243 e. The van der Waals surface area contributed by atoms with Gasteiger partial charge in [0.05, 0.1) is 6.10 Å². The molecule has 4 heteroatoms. The fraction of sp³-hybridized carbons (Fsp3) is 0.567. The Balaban J connectivity index is 1.32. The van der Waals surface area contributed by atoms with E-state index >= 15 is 0 Å². The van der Waals surface area contributed by atoms with E-state index in [2.05, 4.69) is 56.7 Å². The summed E-state index contributed by atoms with van der Waals surface area (Å²) in [4.78, 5) is 15.8. The van der Waals surface area contributed by atoms with Gasteiger partial charge in [-0.3, -0.25) is 4.79 Å². The van der Waals surface area contributed by atoms with E-state index in [4.69, 9.17) is 0 Å². The molecule has 1 aromatic heterocycles. The summed E-state index contributed by atoms with van der Waals surface area (Å²) in [5.41, 5.74) is 4.98. The highest BCUT2D eigenvalue weighted by Crippen LogP contribution is 2.61. The second-order valence-electron chi connectivity index (χ2n) is 11.6. The van der Waals surface area contributed by atoms with Crippen molar-refractivity contribution in [3.05, 3.63) is 59.8 Å². The van der Waals surface area contributed by atoms with Crippen LogP contribution < -0.4 is 5.32 Å². The summed E-state index contributed by atoms with van der Waals surface area (Å²) in [6.45, 7) is 14.1. The van der Waals surface area contributed by atoms with Crippen molar-refractivity contribution in [3.8, 4) is 0 Å². The predicted octanol–water partition coefficient (Wildman–Crippen LogP) is 6.32. The van der Waals surface area contributed by atoms with Gasteiger partial charge in [-0.2, -0.15) is 0 Å². The van der Waals surface area contributed by atoms with Crippen LogP contribution in [0.3, 0.4) is 0 Å². The molecular weight excluding hydrogens is 420 g/mol. The van der Waals surface area contributed by atoms with E-state index in [1.165, 1.54) is 16.5 Å². The third kappa shape index (κ3) is 4.75. The highest BCUT2D eigenvalue weighted by Gasteiger charge is 2.55. The molecule has 4 nitrogen and oxygen atoms in total. The first-order valence-electron chi connectivity index (χ1n) is 13.0. The number of aromatic amines is 1. The summed E-state index contributed by atoms with van der Waals surface area (Å²) in [5.74, 6) is 0.952. The quantitative estimate of drug-likeness (QED) is 0.333. The summed E-state index contributed by atoms with van der Waals surface area (Å²) in [6, 6.07) is 8.26. The van der Waals surface area contributed by atoms with Crippen molar-refractivity contribution in [2.45, 2.75) is 78.7 Å². The Hall–Kier alpha value is -2.33. The van der Waals surface area contributed by atoms with Gasteiger partial charge in [0.2, 0.25) is 5.91 Å². The number of nitrogens with one attached hydrogen (secondary N) is 2. The number of carbonyl (C=O) groups excluding carboxylic acids is 1. The van der Waals surface area contributed by atoms with Gasteiger partial charge in [-0.1, -0.05) is 56.7 Å². The van der Waals surface area contributed by atoms with Gasteiger partial charge in [0.1, 0.15) is 0 Å². The Kier molecular flexibility index (Phi) is 7.09. The Morgan fingerprint density at radius 3 is 2.82 bits per heavy atom. The predicted molar refractivity (Wildman–Crippen MR) is 140 cm³/mol. The van der Waals surface area contributed by atoms with Crippen LogP contribution in [-0.4, -0.2) is 28.6 Å². The zero-order valence-corrected chi connectivity index (χ0v) is 21.4. The highest BCUT2D eigenvalue weighted by molar-refractivity contribution is 5.88. The molecule has 1 aromatic carbocycles. The van der Waals surface area contributed by atoms with Crippen LogP contribution in [0, 0.1) is 22.7 Å². The Labute approximate surface area is 204 Å². The average molecular weight is 463 g/mol. The third-order valence-corrected chi connectivity index (χ3v) is 9.13. The summed E-state index contributed by atoms with van der Waals surface area (Å²) in [7, 11) is 0. The lowest BCUT2D eigenvalue weighted by molar-refractivity contribution is -0.124. The Bertz CT molecular complexity index is 1080. The number of fused-ring (bicyclic) bond motifs is 2. The molecule has 0 spiro atoms. The van der Waals surface area contributed by atoms with E-state index < -0.39 is 0 Å². The van der Waals surface area contributed by atoms with Crippen LogP contribution in [0.1, 0.15) is 71.8 Å². The van der Waals surface area contributed by atoms with Crippen molar-refractivity contribution < 1.29 is 9.90 Å². The number of allylic oxidation sites excluding steroid dienone is 2. The topological polar surface area (TPSA) is 65.1 Å². The van der Waals surface area contributed by atoms with Crippen molar-refractivity contribution in [2.75, 3.05) is 6.54 Å². The molecule has 4 rings (SSSR count). The molecule has 2 aromatic rings. The van der Waals surface area contributed by atoms with Crippen LogP contribution in [0.5, 0.6) is 0 Å². The molecule has 0 unspecified atom stereocenters. The molecule has 0 radical (unpaired) electrons. The average Bonchev–Trinajstić information content (AvgIpc) is 3.19. The minimum absolute atomic E-state index is 0.00850. The monoisotopic (exact) mass is 462 g/mol. The van der Waals surface area contributed by atoms with Crippen LogP contribution in [0.25, 0.3) is 10.9 Å². The molecule has 0 aliphatic heterocycles. The molecule has 34 heavy (non-hydrogen) atoms. The maximum absolute atomic E-state index is 12.5. The molecule has 0 saturated heterocycles. The third-order valence-electron chi connectivity index (χ3n) is 9.13. The van der Waals surface area contributed by atoms with E-state index in [-0.39, 0.29) is 22.8 Å². The number of hydrogen-bond donors (Lipinski definition) is 3. The zero-order chi connectivity index (χ0) is 24.5. The van der Waals surface area contributed by atoms with E-state index in [0.717, 1.165) is 56.0 Å². The van der Waals surface area contributed by atoms with Crippen molar-refractivity contribution in [2.24, 2.45) is 22.7 Å². The molecule has 4 atom stereocenters. The SMILES string of the molecule is C=C1CC[C@@H]2C(C)(C)[C@H](O)CC[C@@]2(C)[C@@H]1CC/C(C)=C/C(=O)NCCc1c[nH]c2ccccc12. The normalized spacial score (nSPS) is 29.1. The molecule has 0 bridgehead atoms. The number of aliphatic hydroxyl groups is 1. The molecule has 2 saturated carbocycles. The fourth-order valence-electron chi connectivity index (χ4n) is 7.08. The number of aromatic nitrogens is 1. The minimum Gasteiger partial charge on any atom is -0.393 e. The van der Waals surface area contributed by atoms with Crippen LogP contribution in [0.15, 0.2) is 54.3 Å². The molecule has 2 aliphatic rings. The lowest BCUT2D eigenvalue weighted by Gasteiger charge is -2.59. The van der Waals surface area contributed by atoms with Crippen molar-refractivity contribution >= 4 is 16.8 Å². The number of rotatable bonds is 7. The van der Waals surface area contributed by atoms with E-state index in [1.807, 2.05) is 18.3 Å². The van der Waals surface area contributed by atoms with Crippen LogP contribution in [0.2, 0.25) is 0 Å². The van der Waals surface area contributed by atoms with Crippen molar-refractivity contribution in [3.63, 3.8) is 0 Å². The number of benzene rings is 1. The largest absolute Gasteiger partial charge is 0.393 e. The second kappa shape index (κ2) is 9.73. The molecule has 1 heterocycles. The van der Waals surface area contributed by atoms with Crippen LogP contribution in [-0.2, 0) is 11.2 Å². The van der Waals surface area contributed by atoms with Crippen molar-refractivity contribution in [1.82, 2.24) is 10.3 Å². The van der Waals surface area contributed by atoms with E-state index in [9.17, 15) is 9.90 Å². The lowest BCUT2D eigenvalue weighted by atomic mass is 9.46. The highest BCUT2D eigenvalue weighted by atomic mass is 16.3. The standard InChI is InChI=1S/C30H42N2O2/c1-20(18-28(34)31-17-15-22-19-32-25-9-7-6-8-23(22)25)10-12-24-21(2)11-13-26-29(3,4)27(33)14-16-30(24,26)5/h6-9,18-19,24,26-27,32-33H,2,10-17H2,1,3-5H3,(H,31,34)/b20-18+/t24-,26-,27-,30+/m1/s1. The number of H-pyrrole nitrogens is 1. The molecular formula is C30H42N2O2. The Morgan fingerprint density at radius 1 is 1.26 bits per heavy atom. The molecule has 2 fully saturated rings. The van der Waals surface area contributed by atoms with Gasteiger partial charge in [-0.05, 0) is 86.2 Å². The van der Waals surface area contributed by atoms with Gasteiger partial charge in [0.25, 0.3) is 0 Å². The summed E-state index contributed by atoms with van der Waals surface area (Å²) in [6.07, 6.45) is 10.5. The molecule has 2 aliphatic carbocycles. The van der Waals surface area contributed by atoms with E-state index in [0.29, 0.717) is 18.4 Å². The molecule has 1 amide bonds. The maximum Gasteiger partial charge on any atom is 0.243 e. The first-order chi connectivity index (χ1) is 16.1. The summed E-state index contributed by atoms with van der Waals surface area (Å²) < 4.78 is 0. The number of hydrogen-bond acceptors (Lipinski definition) is 2. The minimum atomic E-state index is -0.216. The van der Waals surface area contributed by atoms with Crippen LogP contribution in [0.4, 0.5) is 0 Å². The van der Waals surface area contributed by atoms with Gasteiger partial charge in [-0.15, -0.1) is 0 Å². The zero-order valence-electron chi connectivity index (χ0n) is 21.4. The molecule has 3 N–H and O–H groups in total. The van der Waals surface area contributed by atoms with Crippen molar-refractivity contribution in [1.29, 1.82) is 0 Å². The summed E-state index contributed by atoms with van der Waals surface area (Å²) >= 11 is 0. The fourth-order valence-corrected chi connectivity index (χ4v) is 7.08. The first kappa shape index (κ1) is 24.8. The van der Waals surface area contributed by atoms with Gasteiger partial charge in [-0.25, -0.2) is 0 Å². The molecule has 184 valence electrons. The van der Waals surface area contributed by atoms with Gasteiger partial charge < -0.3 is 15.4 Å². The Morgan fingerprint density at radius 2 is 2.03 bits per heavy atom.